The van der Waals surface area contributed by atoms with Crippen molar-refractivity contribution >= 4 is 27.5 Å². The van der Waals surface area contributed by atoms with Crippen LogP contribution in [0.2, 0.25) is 0 Å². The summed E-state index contributed by atoms with van der Waals surface area (Å²) in [5.74, 6) is 0.347. The van der Waals surface area contributed by atoms with Crippen LogP contribution in [0, 0.1) is 0 Å². The molecule has 0 radical (unpaired) electrons. The Labute approximate surface area is 138 Å². The Balaban J connectivity index is 1.65. The van der Waals surface area contributed by atoms with Crippen molar-refractivity contribution in [3.63, 3.8) is 0 Å². The fraction of sp³-hybridized carbons (Fsp3) is 0.235. The highest BCUT2D eigenvalue weighted by Gasteiger charge is 2.23. The third-order valence-corrected chi connectivity index (χ3v) is 4.41. The second-order valence-corrected chi connectivity index (χ2v) is 6.19. The van der Waals surface area contributed by atoms with Crippen molar-refractivity contribution in [1.82, 2.24) is 4.90 Å². The van der Waals surface area contributed by atoms with E-state index in [1.807, 2.05) is 47.4 Å². The van der Waals surface area contributed by atoms with Crippen molar-refractivity contribution in [2.75, 3.05) is 31.1 Å². The lowest BCUT2D eigenvalue weighted by atomic mass is 10.1. The summed E-state index contributed by atoms with van der Waals surface area (Å²) >= 11 is 3.38. The van der Waals surface area contributed by atoms with Crippen molar-refractivity contribution in [1.29, 1.82) is 0 Å². The summed E-state index contributed by atoms with van der Waals surface area (Å²) in [6.45, 7) is 2.76. The van der Waals surface area contributed by atoms with Gasteiger partial charge in [-0.2, -0.15) is 0 Å². The fourth-order valence-corrected chi connectivity index (χ4v) is 2.92. The third kappa shape index (κ3) is 3.09. The SMILES string of the molecule is O=C(c1ccc(Br)cc1)N1CCN(c2ccccc2O)CC1. The lowest BCUT2D eigenvalue weighted by molar-refractivity contribution is 0.0746. The van der Waals surface area contributed by atoms with Gasteiger partial charge in [-0.1, -0.05) is 28.1 Å². The number of hydrogen-bond acceptors (Lipinski definition) is 3. The maximum Gasteiger partial charge on any atom is 0.253 e. The van der Waals surface area contributed by atoms with E-state index >= 15 is 0 Å². The molecular formula is C17H17BrN2O2. The zero-order valence-corrected chi connectivity index (χ0v) is 13.7. The molecule has 22 heavy (non-hydrogen) atoms. The molecule has 1 amide bonds. The molecule has 0 aliphatic carbocycles. The van der Waals surface area contributed by atoms with Crippen molar-refractivity contribution in [2.24, 2.45) is 0 Å². The molecule has 0 aromatic heterocycles. The number of para-hydroxylation sites is 2. The van der Waals surface area contributed by atoms with E-state index in [1.54, 1.807) is 6.07 Å². The molecule has 0 bridgehead atoms. The Hall–Kier alpha value is -2.01. The Bertz CT molecular complexity index is 665. The van der Waals surface area contributed by atoms with Crippen LogP contribution in [0.1, 0.15) is 10.4 Å². The largest absolute Gasteiger partial charge is 0.506 e. The second-order valence-electron chi connectivity index (χ2n) is 5.27. The summed E-state index contributed by atoms with van der Waals surface area (Å²) in [4.78, 5) is 16.4. The number of rotatable bonds is 2. The number of benzene rings is 2. The highest BCUT2D eigenvalue weighted by atomic mass is 79.9. The Morgan fingerprint density at radius 2 is 1.59 bits per heavy atom. The average molecular weight is 361 g/mol. The van der Waals surface area contributed by atoms with Crippen LogP contribution in [0.25, 0.3) is 0 Å². The molecule has 0 unspecified atom stereocenters. The number of phenolic OH excluding ortho intramolecular Hbond substituents is 1. The van der Waals surface area contributed by atoms with Gasteiger partial charge in [-0.05, 0) is 36.4 Å². The Morgan fingerprint density at radius 3 is 2.23 bits per heavy atom. The predicted octanol–water partition coefficient (Wildman–Crippen LogP) is 3.12. The first-order valence-electron chi connectivity index (χ1n) is 7.23. The second kappa shape index (κ2) is 6.40. The smallest absolute Gasteiger partial charge is 0.253 e. The summed E-state index contributed by atoms with van der Waals surface area (Å²) in [5.41, 5.74) is 1.54. The number of anilines is 1. The van der Waals surface area contributed by atoms with Gasteiger partial charge in [-0.15, -0.1) is 0 Å². The minimum atomic E-state index is 0.0597. The minimum absolute atomic E-state index is 0.0597. The molecule has 1 aliphatic heterocycles. The molecule has 4 nitrogen and oxygen atoms in total. The number of amides is 1. The zero-order chi connectivity index (χ0) is 15.5. The number of carbonyl (C=O) groups is 1. The molecule has 1 N–H and O–H groups in total. The first-order chi connectivity index (χ1) is 10.6. The maximum absolute atomic E-state index is 12.5. The first-order valence-corrected chi connectivity index (χ1v) is 8.02. The van der Waals surface area contributed by atoms with Crippen molar-refractivity contribution < 1.29 is 9.90 Å². The summed E-state index contributed by atoms with van der Waals surface area (Å²) in [7, 11) is 0. The normalized spacial score (nSPS) is 15.0. The van der Waals surface area contributed by atoms with Gasteiger partial charge in [0, 0.05) is 36.2 Å². The van der Waals surface area contributed by atoms with E-state index in [-0.39, 0.29) is 11.7 Å². The van der Waals surface area contributed by atoms with Crippen LogP contribution >= 0.6 is 15.9 Å². The van der Waals surface area contributed by atoms with Crippen LogP contribution < -0.4 is 4.90 Å². The summed E-state index contributed by atoms with van der Waals surface area (Å²) in [5, 5.41) is 9.92. The van der Waals surface area contributed by atoms with Crippen molar-refractivity contribution in [2.45, 2.75) is 0 Å². The summed E-state index contributed by atoms with van der Waals surface area (Å²) in [6, 6.07) is 14.7. The molecular weight excluding hydrogens is 344 g/mol. The van der Waals surface area contributed by atoms with Gasteiger partial charge >= 0.3 is 0 Å². The van der Waals surface area contributed by atoms with Gasteiger partial charge in [-0.25, -0.2) is 0 Å². The maximum atomic E-state index is 12.5. The number of aromatic hydroxyl groups is 1. The van der Waals surface area contributed by atoms with Gasteiger partial charge in [0.2, 0.25) is 0 Å². The lowest BCUT2D eigenvalue weighted by Crippen LogP contribution is -2.48. The van der Waals surface area contributed by atoms with Crippen LogP contribution in [0.5, 0.6) is 5.75 Å². The minimum Gasteiger partial charge on any atom is -0.506 e. The van der Waals surface area contributed by atoms with Crippen molar-refractivity contribution in [3.05, 3.63) is 58.6 Å². The predicted molar refractivity (Wildman–Crippen MR) is 90.4 cm³/mol. The third-order valence-electron chi connectivity index (χ3n) is 3.88. The molecule has 1 heterocycles. The number of nitrogens with zero attached hydrogens (tertiary/aromatic N) is 2. The first kappa shape index (κ1) is 14.9. The van der Waals surface area contributed by atoms with E-state index < -0.39 is 0 Å². The van der Waals surface area contributed by atoms with Crippen LogP contribution in [-0.4, -0.2) is 42.1 Å². The standard InChI is InChI=1S/C17H17BrN2O2/c18-14-7-5-13(6-8-14)17(22)20-11-9-19(10-12-20)15-3-1-2-4-16(15)21/h1-8,21H,9-12H2. The van der Waals surface area contributed by atoms with Crippen LogP contribution in [0.15, 0.2) is 53.0 Å². The molecule has 0 saturated carbocycles. The number of carbonyl (C=O) groups excluding carboxylic acids is 1. The van der Waals surface area contributed by atoms with Gasteiger partial charge in [0.15, 0.2) is 0 Å². The zero-order valence-electron chi connectivity index (χ0n) is 12.1. The number of halogens is 1. The molecule has 3 rings (SSSR count). The van der Waals surface area contributed by atoms with E-state index in [0.717, 1.165) is 23.2 Å². The highest BCUT2D eigenvalue weighted by molar-refractivity contribution is 9.10. The Kier molecular flexibility index (Phi) is 4.34. The van der Waals surface area contributed by atoms with Crippen LogP contribution in [0.4, 0.5) is 5.69 Å². The quantitative estimate of drug-likeness (QED) is 0.894. The molecule has 5 heteroatoms. The van der Waals surface area contributed by atoms with E-state index in [4.69, 9.17) is 0 Å². The molecule has 0 atom stereocenters. The number of piperazine rings is 1. The van der Waals surface area contributed by atoms with Crippen molar-refractivity contribution in [3.8, 4) is 5.75 Å². The van der Waals surface area contributed by atoms with Crippen LogP contribution in [-0.2, 0) is 0 Å². The molecule has 2 aromatic carbocycles. The molecule has 1 saturated heterocycles. The molecule has 1 aliphatic rings. The van der Waals surface area contributed by atoms with Gasteiger partial charge < -0.3 is 14.9 Å². The average Bonchev–Trinajstić information content (AvgIpc) is 2.56. The molecule has 1 fully saturated rings. The summed E-state index contributed by atoms with van der Waals surface area (Å²) in [6.07, 6.45) is 0. The van der Waals surface area contributed by atoms with E-state index in [1.165, 1.54) is 0 Å². The van der Waals surface area contributed by atoms with Gasteiger partial charge in [0.05, 0.1) is 5.69 Å². The Morgan fingerprint density at radius 1 is 0.955 bits per heavy atom. The highest BCUT2D eigenvalue weighted by Crippen LogP contribution is 2.27. The molecule has 114 valence electrons. The van der Waals surface area contributed by atoms with E-state index in [0.29, 0.717) is 18.7 Å². The number of phenols is 1. The van der Waals surface area contributed by atoms with Gasteiger partial charge in [-0.3, -0.25) is 4.79 Å². The lowest BCUT2D eigenvalue weighted by Gasteiger charge is -2.36. The molecule has 0 spiro atoms. The van der Waals surface area contributed by atoms with Gasteiger partial charge in [0.25, 0.3) is 5.91 Å². The molecule has 2 aromatic rings. The fourth-order valence-electron chi connectivity index (χ4n) is 2.66. The van der Waals surface area contributed by atoms with Gasteiger partial charge in [0.1, 0.15) is 5.75 Å². The number of hydrogen-bond donors (Lipinski definition) is 1. The monoisotopic (exact) mass is 360 g/mol. The van der Waals surface area contributed by atoms with Crippen LogP contribution in [0.3, 0.4) is 0 Å². The summed E-state index contributed by atoms with van der Waals surface area (Å²) < 4.78 is 0.966. The van der Waals surface area contributed by atoms with E-state index in [9.17, 15) is 9.90 Å². The topological polar surface area (TPSA) is 43.8 Å². The van der Waals surface area contributed by atoms with E-state index in [2.05, 4.69) is 20.8 Å².